The van der Waals surface area contributed by atoms with E-state index in [1.54, 1.807) is 58.6 Å². The standard InChI is InChI=1S/C27H27N7O5S2/c1-17(35)33-12-9-27(15-33)16-34(26(36)32-25-30-21-4-6-23(39-2)31-24(21)40-25)22-5-3-19(13-20(22)27)41(37,38)29-14-18-7-10-28-11-8-18/h3-8,10-11,13,29H,9,12,14-16H2,1-2H3,(H,30,32,36). The number of benzene rings is 1. The van der Waals surface area contributed by atoms with E-state index in [1.807, 2.05) is 0 Å². The molecule has 1 aromatic carbocycles. The summed E-state index contributed by atoms with van der Waals surface area (Å²) in [5.41, 5.74) is 2.13. The number of pyridine rings is 2. The number of anilines is 2. The number of ether oxygens (including phenoxy) is 1. The molecule has 12 nitrogen and oxygen atoms in total. The summed E-state index contributed by atoms with van der Waals surface area (Å²) in [6.45, 7) is 2.83. The number of hydrogen-bond acceptors (Lipinski definition) is 9. The van der Waals surface area contributed by atoms with E-state index in [9.17, 15) is 18.0 Å². The van der Waals surface area contributed by atoms with Gasteiger partial charge in [-0.3, -0.25) is 20.0 Å². The third-order valence-electron chi connectivity index (χ3n) is 7.51. The van der Waals surface area contributed by atoms with Gasteiger partial charge in [-0.2, -0.15) is 0 Å². The lowest BCUT2D eigenvalue weighted by atomic mass is 9.81. The second-order valence-electron chi connectivity index (χ2n) is 10.0. The maximum Gasteiger partial charge on any atom is 0.328 e. The van der Waals surface area contributed by atoms with Crippen molar-refractivity contribution < 1.29 is 22.7 Å². The van der Waals surface area contributed by atoms with Gasteiger partial charge in [-0.05, 0) is 53.9 Å². The molecule has 6 rings (SSSR count). The first-order chi connectivity index (χ1) is 19.7. The number of methoxy groups -OCH3 is 1. The number of amides is 3. The average molecular weight is 594 g/mol. The van der Waals surface area contributed by atoms with Crippen LogP contribution in [0, 0.1) is 0 Å². The number of aromatic nitrogens is 3. The zero-order valence-electron chi connectivity index (χ0n) is 22.3. The number of hydrogen-bond donors (Lipinski definition) is 2. The van der Waals surface area contributed by atoms with Gasteiger partial charge >= 0.3 is 6.03 Å². The van der Waals surface area contributed by atoms with Crippen molar-refractivity contribution in [1.82, 2.24) is 24.6 Å². The molecular formula is C27H27N7O5S2. The molecule has 1 spiro atoms. The van der Waals surface area contributed by atoms with Gasteiger partial charge in [0.2, 0.25) is 21.8 Å². The number of sulfonamides is 1. The highest BCUT2D eigenvalue weighted by molar-refractivity contribution is 7.89. The van der Waals surface area contributed by atoms with E-state index >= 15 is 0 Å². The van der Waals surface area contributed by atoms with Crippen LogP contribution in [0.5, 0.6) is 5.88 Å². The van der Waals surface area contributed by atoms with Gasteiger partial charge in [0.1, 0.15) is 10.3 Å². The van der Waals surface area contributed by atoms with Crippen molar-refractivity contribution in [2.75, 3.05) is 37.0 Å². The highest BCUT2D eigenvalue weighted by atomic mass is 32.2. The monoisotopic (exact) mass is 593 g/mol. The van der Waals surface area contributed by atoms with E-state index in [0.29, 0.717) is 53.1 Å². The first-order valence-corrected chi connectivity index (χ1v) is 15.2. The van der Waals surface area contributed by atoms with Crippen LogP contribution in [0.4, 0.5) is 15.6 Å². The van der Waals surface area contributed by atoms with Crippen molar-refractivity contribution in [2.24, 2.45) is 0 Å². The molecule has 1 atom stereocenters. The van der Waals surface area contributed by atoms with Crippen LogP contribution < -0.4 is 19.7 Å². The number of carbonyl (C=O) groups excluding carboxylic acids is 2. The fourth-order valence-electron chi connectivity index (χ4n) is 5.38. The molecule has 0 bridgehead atoms. The van der Waals surface area contributed by atoms with Gasteiger partial charge in [-0.15, -0.1) is 0 Å². The van der Waals surface area contributed by atoms with Crippen LogP contribution in [0.1, 0.15) is 24.5 Å². The minimum absolute atomic E-state index is 0.0634. The van der Waals surface area contributed by atoms with E-state index in [0.717, 1.165) is 11.1 Å². The predicted octanol–water partition coefficient (Wildman–Crippen LogP) is 3.12. The summed E-state index contributed by atoms with van der Waals surface area (Å²) in [5.74, 6) is 0.387. The van der Waals surface area contributed by atoms with E-state index in [-0.39, 0.29) is 17.3 Å². The maximum absolute atomic E-state index is 13.6. The highest BCUT2D eigenvalue weighted by Gasteiger charge is 2.50. The summed E-state index contributed by atoms with van der Waals surface area (Å²) >= 11 is 1.23. The Hall–Kier alpha value is -4.14. The number of nitrogens with one attached hydrogen (secondary N) is 2. The Morgan fingerprint density at radius 1 is 1.10 bits per heavy atom. The fourth-order valence-corrected chi connectivity index (χ4v) is 7.24. The van der Waals surface area contributed by atoms with Crippen LogP contribution in [-0.2, 0) is 26.8 Å². The smallest absolute Gasteiger partial charge is 0.328 e. The topological polar surface area (TPSA) is 147 Å². The van der Waals surface area contributed by atoms with Crippen LogP contribution in [0.15, 0.2) is 59.8 Å². The SMILES string of the molecule is COc1ccc2nc(NC(=O)N3CC4(CCN(C(C)=O)C4)c4cc(S(=O)(=O)NCc5ccncc5)ccc43)sc2n1. The quantitative estimate of drug-likeness (QED) is 0.347. The minimum Gasteiger partial charge on any atom is -0.481 e. The molecule has 1 unspecified atom stereocenters. The number of fused-ring (bicyclic) bond motifs is 3. The zero-order valence-corrected chi connectivity index (χ0v) is 24.0. The van der Waals surface area contributed by atoms with Gasteiger partial charge < -0.3 is 9.64 Å². The van der Waals surface area contributed by atoms with E-state index in [2.05, 4.69) is 25.0 Å². The zero-order chi connectivity index (χ0) is 28.8. The van der Waals surface area contributed by atoms with Crippen molar-refractivity contribution >= 4 is 54.5 Å². The number of urea groups is 1. The van der Waals surface area contributed by atoms with Gasteiger partial charge in [0.05, 0.1) is 12.0 Å². The van der Waals surface area contributed by atoms with Gasteiger partial charge in [0.25, 0.3) is 0 Å². The second-order valence-corrected chi connectivity index (χ2v) is 12.8. The molecule has 2 aliphatic heterocycles. The third kappa shape index (κ3) is 5.09. The predicted molar refractivity (Wildman–Crippen MR) is 154 cm³/mol. The summed E-state index contributed by atoms with van der Waals surface area (Å²) in [6.07, 6.45) is 3.80. The van der Waals surface area contributed by atoms with E-state index in [4.69, 9.17) is 4.74 Å². The first kappa shape index (κ1) is 27.1. The molecule has 0 aliphatic carbocycles. The van der Waals surface area contributed by atoms with Crippen molar-refractivity contribution in [1.29, 1.82) is 0 Å². The highest BCUT2D eigenvalue weighted by Crippen LogP contribution is 2.47. The summed E-state index contributed by atoms with van der Waals surface area (Å²) in [5, 5.41) is 3.25. The minimum atomic E-state index is -3.86. The van der Waals surface area contributed by atoms with Crippen LogP contribution in [0.25, 0.3) is 10.3 Å². The number of rotatable bonds is 6. The molecular weight excluding hydrogens is 566 g/mol. The molecule has 3 aromatic heterocycles. The van der Waals surface area contributed by atoms with Gasteiger partial charge in [0.15, 0.2) is 5.13 Å². The summed E-state index contributed by atoms with van der Waals surface area (Å²) in [4.78, 5) is 42.7. The van der Waals surface area contributed by atoms with Crippen LogP contribution >= 0.6 is 11.3 Å². The summed E-state index contributed by atoms with van der Waals surface area (Å²) in [7, 11) is -2.33. The lowest BCUT2D eigenvalue weighted by Crippen LogP contribution is -2.41. The third-order valence-corrected chi connectivity index (χ3v) is 9.79. The Labute approximate surface area is 240 Å². The van der Waals surface area contributed by atoms with Crippen LogP contribution in [0.2, 0.25) is 0 Å². The molecule has 2 aliphatic rings. The molecule has 212 valence electrons. The Morgan fingerprint density at radius 3 is 2.63 bits per heavy atom. The largest absolute Gasteiger partial charge is 0.481 e. The number of likely N-dealkylation sites (tertiary alicyclic amines) is 1. The maximum atomic E-state index is 13.6. The lowest BCUT2D eigenvalue weighted by Gasteiger charge is -2.25. The molecule has 0 saturated carbocycles. The molecule has 41 heavy (non-hydrogen) atoms. The normalized spacial score (nSPS) is 18.2. The van der Waals surface area contributed by atoms with Crippen LogP contribution in [-0.4, -0.2) is 67.0 Å². The molecule has 14 heteroatoms. The summed E-state index contributed by atoms with van der Waals surface area (Å²) < 4.78 is 34.3. The van der Waals surface area contributed by atoms with Crippen molar-refractivity contribution in [3.63, 3.8) is 0 Å². The molecule has 3 amide bonds. The van der Waals surface area contributed by atoms with Crippen molar-refractivity contribution in [3.05, 3.63) is 66.0 Å². The molecule has 2 N–H and O–H groups in total. The van der Waals surface area contributed by atoms with E-state index < -0.39 is 21.5 Å². The molecule has 0 radical (unpaired) electrons. The Balaban J connectivity index is 1.30. The molecule has 5 heterocycles. The fraction of sp³-hybridized carbons (Fsp3) is 0.296. The number of carbonyl (C=O) groups is 2. The van der Waals surface area contributed by atoms with Gasteiger partial charge in [-0.1, -0.05) is 11.3 Å². The van der Waals surface area contributed by atoms with E-state index in [1.165, 1.54) is 31.4 Å². The molecule has 4 aromatic rings. The van der Waals surface area contributed by atoms with Crippen LogP contribution in [0.3, 0.4) is 0 Å². The molecule has 1 saturated heterocycles. The number of nitrogens with zero attached hydrogens (tertiary/aromatic N) is 5. The Bertz CT molecular complexity index is 1760. The second kappa shape index (κ2) is 10.4. The van der Waals surface area contributed by atoms with Gasteiger partial charge in [0, 0.05) is 62.7 Å². The first-order valence-electron chi connectivity index (χ1n) is 12.9. The molecule has 1 fully saturated rings. The number of thiazole rings is 1. The lowest BCUT2D eigenvalue weighted by molar-refractivity contribution is -0.127. The van der Waals surface area contributed by atoms with Gasteiger partial charge in [-0.25, -0.2) is 27.9 Å². The van der Waals surface area contributed by atoms with Crippen molar-refractivity contribution in [3.8, 4) is 5.88 Å². The Morgan fingerprint density at radius 2 is 1.90 bits per heavy atom. The average Bonchev–Trinajstić information content (AvgIpc) is 3.67. The summed E-state index contributed by atoms with van der Waals surface area (Å²) in [6, 6.07) is 11.3. The van der Waals surface area contributed by atoms with Crippen molar-refractivity contribution in [2.45, 2.75) is 30.2 Å². The Kier molecular flexibility index (Phi) is 6.83.